The fourth-order valence-corrected chi connectivity index (χ4v) is 2.75. The van der Waals surface area contributed by atoms with E-state index < -0.39 is 0 Å². The van der Waals surface area contributed by atoms with Gasteiger partial charge in [-0.3, -0.25) is 0 Å². The lowest BCUT2D eigenvalue weighted by Crippen LogP contribution is -2.24. The smallest absolute Gasteiger partial charge is 0.0497 e. The molecular formula is C18H21N3. The van der Waals surface area contributed by atoms with E-state index in [4.69, 9.17) is 5.73 Å². The molecule has 0 unspecified atom stereocenters. The number of hydrogen-bond donors (Lipinski definition) is 3. The highest BCUT2D eigenvalue weighted by molar-refractivity contribution is 5.90. The lowest BCUT2D eigenvalue weighted by molar-refractivity contribution is 0.691. The number of fused-ring (bicyclic) bond motifs is 1. The zero-order valence-corrected chi connectivity index (χ0v) is 12.1. The predicted molar refractivity (Wildman–Crippen MR) is 89.4 cm³/mol. The molecule has 3 aromatic rings. The van der Waals surface area contributed by atoms with E-state index in [1.54, 1.807) is 0 Å². The van der Waals surface area contributed by atoms with E-state index in [9.17, 15) is 0 Å². The van der Waals surface area contributed by atoms with Gasteiger partial charge in [0, 0.05) is 29.7 Å². The maximum Gasteiger partial charge on any atom is 0.0497 e. The van der Waals surface area contributed by atoms with Gasteiger partial charge in [0.05, 0.1) is 0 Å². The van der Waals surface area contributed by atoms with Gasteiger partial charge in [0.15, 0.2) is 0 Å². The summed E-state index contributed by atoms with van der Waals surface area (Å²) in [4.78, 5) is 3.57. The van der Waals surface area contributed by atoms with Gasteiger partial charge < -0.3 is 16.0 Å². The highest BCUT2D eigenvalue weighted by Gasteiger charge is 2.12. The van der Waals surface area contributed by atoms with Gasteiger partial charge in [-0.1, -0.05) is 48.5 Å². The Bertz CT molecular complexity index is 701. The zero-order chi connectivity index (χ0) is 14.5. The summed E-state index contributed by atoms with van der Waals surface area (Å²) in [5.41, 5.74) is 10.6. The molecule has 0 saturated heterocycles. The van der Waals surface area contributed by atoms with Crippen molar-refractivity contribution < 1.29 is 0 Å². The summed E-state index contributed by atoms with van der Waals surface area (Å²) in [5.74, 6) is 0. The minimum Gasteiger partial charge on any atom is -0.354 e. The Morgan fingerprint density at radius 2 is 1.67 bits per heavy atom. The third kappa shape index (κ3) is 2.99. The SMILES string of the molecule is NCCNCCc1c(-c2ccccc2)[nH]c2ccccc12. The van der Waals surface area contributed by atoms with Gasteiger partial charge in [-0.25, -0.2) is 0 Å². The highest BCUT2D eigenvalue weighted by atomic mass is 14.9. The maximum absolute atomic E-state index is 5.53. The maximum atomic E-state index is 5.53. The van der Waals surface area contributed by atoms with Crippen LogP contribution < -0.4 is 11.1 Å². The first-order valence-electron chi connectivity index (χ1n) is 7.46. The molecule has 0 aliphatic carbocycles. The summed E-state index contributed by atoms with van der Waals surface area (Å²) < 4.78 is 0. The number of nitrogens with two attached hydrogens (primary N) is 1. The van der Waals surface area contributed by atoms with Crippen LogP contribution in [0, 0.1) is 0 Å². The molecule has 3 rings (SSSR count). The van der Waals surface area contributed by atoms with E-state index in [0.717, 1.165) is 19.5 Å². The van der Waals surface area contributed by atoms with Crippen LogP contribution >= 0.6 is 0 Å². The van der Waals surface area contributed by atoms with E-state index >= 15 is 0 Å². The van der Waals surface area contributed by atoms with Gasteiger partial charge in [0.2, 0.25) is 0 Å². The molecule has 0 amide bonds. The third-order valence-corrected chi connectivity index (χ3v) is 3.75. The van der Waals surface area contributed by atoms with Crippen LogP contribution in [0.4, 0.5) is 0 Å². The second-order valence-corrected chi connectivity index (χ2v) is 5.18. The van der Waals surface area contributed by atoms with Gasteiger partial charge in [0.25, 0.3) is 0 Å². The molecule has 0 bridgehead atoms. The molecule has 3 nitrogen and oxygen atoms in total. The summed E-state index contributed by atoms with van der Waals surface area (Å²) >= 11 is 0. The van der Waals surface area contributed by atoms with Crippen molar-refractivity contribution in [3.8, 4) is 11.3 Å². The van der Waals surface area contributed by atoms with Crippen molar-refractivity contribution in [3.05, 3.63) is 60.2 Å². The number of benzene rings is 2. The first kappa shape index (κ1) is 13.9. The van der Waals surface area contributed by atoms with Crippen molar-refractivity contribution >= 4 is 10.9 Å². The Hall–Kier alpha value is -2.10. The Kier molecular flexibility index (Phi) is 4.34. The Morgan fingerprint density at radius 3 is 2.48 bits per heavy atom. The number of H-pyrrole nitrogens is 1. The summed E-state index contributed by atoms with van der Waals surface area (Å²) in [6, 6.07) is 19.0. The summed E-state index contributed by atoms with van der Waals surface area (Å²) in [7, 11) is 0. The van der Waals surface area contributed by atoms with Crippen molar-refractivity contribution in [1.82, 2.24) is 10.3 Å². The average molecular weight is 279 g/mol. The number of hydrogen-bond acceptors (Lipinski definition) is 2. The monoisotopic (exact) mass is 279 g/mol. The number of nitrogens with one attached hydrogen (secondary N) is 2. The largest absolute Gasteiger partial charge is 0.354 e. The molecule has 0 aliphatic rings. The molecule has 1 aromatic heterocycles. The Labute approximate surface area is 125 Å². The van der Waals surface area contributed by atoms with Crippen molar-refractivity contribution in [2.45, 2.75) is 6.42 Å². The molecule has 0 aliphatic heterocycles. The van der Waals surface area contributed by atoms with Crippen molar-refractivity contribution in [2.75, 3.05) is 19.6 Å². The second kappa shape index (κ2) is 6.57. The molecular weight excluding hydrogens is 258 g/mol. The van der Waals surface area contributed by atoms with Gasteiger partial charge in [-0.2, -0.15) is 0 Å². The van der Waals surface area contributed by atoms with Crippen LogP contribution in [-0.2, 0) is 6.42 Å². The van der Waals surface area contributed by atoms with Crippen LogP contribution in [0.25, 0.3) is 22.2 Å². The van der Waals surface area contributed by atoms with E-state index in [0.29, 0.717) is 6.54 Å². The molecule has 0 radical (unpaired) electrons. The standard InChI is InChI=1S/C18H21N3/c19-11-13-20-12-10-16-15-8-4-5-9-17(15)21-18(16)14-6-2-1-3-7-14/h1-9,20-21H,10-13,19H2. The van der Waals surface area contributed by atoms with Gasteiger partial charge in [-0.15, -0.1) is 0 Å². The van der Waals surface area contributed by atoms with Crippen LogP contribution in [0.5, 0.6) is 0 Å². The van der Waals surface area contributed by atoms with Gasteiger partial charge in [-0.05, 0) is 30.2 Å². The fraction of sp³-hybridized carbons (Fsp3) is 0.222. The van der Waals surface area contributed by atoms with E-state index in [1.807, 2.05) is 0 Å². The summed E-state index contributed by atoms with van der Waals surface area (Å²) in [6.07, 6.45) is 0.994. The van der Waals surface area contributed by atoms with E-state index in [1.165, 1.54) is 27.7 Å². The molecule has 2 aromatic carbocycles. The zero-order valence-electron chi connectivity index (χ0n) is 12.1. The molecule has 0 atom stereocenters. The van der Waals surface area contributed by atoms with E-state index in [2.05, 4.69) is 64.9 Å². The number of aromatic nitrogens is 1. The van der Waals surface area contributed by atoms with Crippen molar-refractivity contribution in [2.24, 2.45) is 5.73 Å². The molecule has 21 heavy (non-hydrogen) atoms. The third-order valence-electron chi connectivity index (χ3n) is 3.75. The molecule has 1 heterocycles. The minimum absolute atomic E-state index is 0.680. The van der Waals surface area contributed by atoms with Crippen LogP contribution in [0.2, 0.25) is 0 Å². The average Bonchev–Trinajstić information content (AvgIpc) is 2.91. The normalized spacial score (nSPS) is 11.1. The highest BCUT2D eigenvalue weighted by Crippen LogP contribution is 2.30. The van der Waals surface area contributed by atoms with Crippen molar-refractivity contribution in [1.29, 1.82) is 0 Å². The quantitative estimate of drug-likeness (QED) is 0.608. The van der Waals surface area contributed by atoms with Crippen LogP contribution in [0.1, 0.15) is 5.56 Å². The number of para-hydroxylation sites is 1. The van der Waals surface area contributed by atoms with Gasteiger partial charge >= 0.3 is 0 Å². The van der Waals surface area contributed by atoms with E-state index in [-0.39, 0.29) is 0 Å². The predicted octanol–water partition coefficient (Wildman–Crippen LogP) is 2.93. The summed E-state index contributed by atoms with van der Waals surface area (Å²) in [5, 5.41) is 4.69. The summed E-state index contributed by atoms with van der Waals surface area (Å²) in [6.45, 7) is 2.49. The van der Waals surface area contributed by atoms with Gasteiger partial charge in [0.1, 0.15) is 0 Å². The van der Waals surface area contributed by atoms with Crippen molar-refractivity contribution in [3.63, 3.8) is 0 Å². The first-order valence-corrected chi connectivity index (χ1v) is 7.46. The Morgan fingerprint density at radius 1 is 0.905 bits per heavy atom. The molecule has 0 spiro atoms. The first-order chi connectivity index (χ1) is 10.4. The van der Waals surface area contributed by atoms with Crippen LogP contribution in [0.3, 0.4) is 0 Å². The van der Waals surface area contributed by atoms with Crippen LogP contribution in [-0.4, -0.2) is 24.6 Å². The molecule has 3 heteroatoms. The second-order valence-electron chi connectivity index (χ2n) is 5.18. The molecule has 108 valence electrons. The number of aromatic amines is 1. The Balaban J connectivity index is 1.98. The number of rotatable bonds is 6. The van der Waals surface area contributed by atoms with Crippen LogP contribution in [0.15, 0.2) is 54.6 Å². The molecule has 0 saturated carbocycles. The minimum atomic E-state index is 0.680. The lowest BCUT2D eigenvalue weighted by Gasteiger charge is -2.06. The lowest BCUT2D eigenvalue weighted by atomic mass is 10.0. The molecule has 0 fully saturated rings. The molecule has 4 N–H and O–H groups in total. The topological polar surface area (TPSA) is 53.8 Å². The fourth-order valence-electron chi connectivity index (χ4n) is 2.75.